The van der Waals surface area contributed by atoms with Gasteiger partial charge < -0.3 is 15.4 Å². The molecule has 2 N–H and O–H groups in total. The molecule has 5 nitrogen and oxygen atoms in total. The van der Waals surface area contributed by atoms with Gasteiger partial charge in [-0.05, 0) is 61.4 Å². The van der Waals surface area contributed by atoms with E-state index in [2.05, 4.69) is 10.6 Å². The van der Waals surface area contributed by atoms with Crippen LogP contribution in [-0.2, 0) is 6.42 Å². The summed E-state index contributed by atoms with van der Waals surface area (Å²) in [7, 11) is 0. The second-order valence-electron chi connectivity index (χ2n) is 6.48. The average molecular weight is 388 g/mol. The maximum Gasteiger partial charge on any atom is 0.255 e. The van der Waals surface area contributed by atoms with Crippen molar-refractivity contribution in [2.24, 2.45) is 0 Å². The van der Waals surface area contributed by atoms with Crippen LogP contribution in [-0.4, -0.2) is 25.0 Å². The van der Waals surface area contributed by atoms with Gasteiger partial charge in [0, 0.05) is 23.4 Å². The molecule has 148 valence electrons. The van der Waals surface area contributed by atoms with Gasteiger partial charge in [0.1, 0.15) is 5.75 Å². The number of benzene rings is 3. The third kappa shape index (κ3) is 5.94. The molecule has 5 heteroatoms. The minimum Gasteiger partial charge on any atom is -0.494 e. The fourth-order valence-corrected chi connectivity index (χ4v) is 2.87. The highest BCUT2D eigenvalue weighted by Gasteiger charge is 2.11. The molecule has 0 spiro atoms. The first kappa shape index (κ1) is 20.1. The molecule has 3 aromatic carbocycles. The minimum atomic E-state index is -0.270. The van der Waals surface area contributed by atoms with Crippen molar-refractivity contribution in [3.63, 3.8) is 0 Å². The van der Waals surface area contributed by atoms with Gasteiger partial charge in [-0.15, -0.1) is 0 Å². The molecule has 0 aliphatic heterocycles. The van der Waals surface area contributed by atoms with Crippen LogP contribution in [0.4, 0.5) is 5.69 Å². The molecule has 0 radical (unpaired) electrons. The minimum absolute atomic E-state index is 0.198. The van der Waals surface area contributed by atoms with E-state index in [4.69, 9.17) is 4.74 Å². The Balaban J connectivity index is 1.57. The van der Waals surface area contributed by atoms with Crippen molar-refractivity contribution in [3.8, 4) is 5.75 Å². The lowest BCUT2D eigenvalue weighted by atomic mass is 10.1. The molecule has 0 saturated heterocycles. The van der Waals surface area contributed by atoms with Crippen LogP contribution >= 0.6 is 0 Å². The largest absolute Gasteiger partial charge is 0.494 e. The van der Waals surface area contributed by atoms with E-state index < -0.39 is 0 Å². The van der Waals surface area contributed by atoms with Gasteiger partial charge in [-0.1, -0.05) is 36.4 Å². The maximum absolute atomic E-state index is 12.5. The van der Waals surface area contributed by atoms with Crippen LogP contribution in [0.5, 0.6) is 5.75 Å². The smallest absolute Gasteiger partial charge is 0.255 e. The molecule has 29 heavy (non-hydrogen) atoms. The third-order valence-electron chi connectivity index (χ3n) is 4.35. The highest BCUT2D eigenvalue weighted by atomic mass is 16.5. The van der Waals surface area contributed by atoms with Gasteiger partial charge in [-0.3, -0.25) is 9.59 Å². The molecule has 0 atom stereocenters. The number of hydrogen-bond donors (Lipinski definition) is 2. The molecule has 3 rings (SSSR count). The monoisotopic (exact) mass is 388 g/mol. The Morgan fingerprint density at radius 3 is 2.21 bits per heavy atom. The molecule has 0 fully saturated rings. The Labute approximate surface area is 170 Å². The van der Waals surface area contributed by atoms with Crippen LogP contribution < -0.4 is 15.4 Å². The molecular weight excluding hydrogens is 364 g/mol. The van der Waals surface area contributed by atoms with Crippen molar-refractivity contribution < 1.29 is 14.3 Å². The van der Waals surface area contributed by atoms with Crippen molar-refractivity contribution >= 4 is 17.5 Å². The first-order valence-corrected chi connectivity index (χ1v) is 9.62. The SMILES string of the molecule is CCOc1ccc(NC(=O)c2cccc(C(=O)NCCc3ccccc3)c2)cc1. The van der Waals surface area contributed by atoms with Crippen molar-refractivity contribution in [2.45, 2.75) is 13.3 Å². The summed E-state index contributed by atoms with van der Waals surface area (Å²) in [4.78, 5) is 24.9. The fourth-order valence-electron chi connectivity index (χ4n) is 2.87. The van der Waals surface area contributed by atoms with Crippen LogP contribution in [0.1, 0.15) is 33.2 Å². The van der Waals surface area contributed by atoms with Crippen LogP contribution in [0.15, 0.2) is 78.9 Å². The standard InChI is InChI=1S/C24H24N2O3/c1-2-29-22-13-11-21(12-14-22)26-24(28)20-10-6-9-19(17-20)23(27)25-16-15-18-7-4-3-5-8-18/h3-14,17H,2,15-16H2,1H3,(H,25,27)(H,26,28). The van der Waals surface area contributed by atoms with Crippen molar-refractivity contribution in [3.05, 3.63) is 95.6 Å². The molecule has 3 aromatic rings. The molecule has 0 heterocycles. The Kier molecular flexibility index (Phi) is 7.00. The second-order valence-corrected chi connectivity index (χ2v) is 6.48. The summed E-state index contributed by atoms with van der Waals surface area (Å²) >= 11 is 0. The highest BCUT2D eigenvalue weighted by Crippen LogP contribution is 2.17. The second kappa shape index (κ2) is 10.1. The number of carbonyl (C=O) groups is 2. The Hall–Kier alpha value is -3.60. The summed E-state index contributed by atoms with van der Waals surface area (Å²) in [5, 5.41) is 5.73. The first-order chi connectivity index (χ1) is 14.2. The van der Waals surface area contributed by atoms with E-state index in [1.807, 2.05) is 37.3 Å². The maximum atomic E-state index is 12.5. The zero-order valence-corrected chi connectivity index (χ0v) is 16.4. The molecule has 0 aliphatic carbocycles. The number of anilines is 1. The van der Waals surface area contributed by atoms with Gasteiger partial charge in [0.2, 0.25) is 0 Å². The van der Waals surface area contributed by atoms with Crippen LogP contribution in [0.2, 0.25) is 0 Å². The molecule has 0 bridgehead atoms. The van der Waals surface area contributed by atoms with E-state index in [0.717, 1.165) is 17.7 Å². The normalized spacial score (nSPS) is 10.2. The molecule has 0 unspecified atom stereocenters. The van der Waals surface area contributed by atoms with Crippen LogP contribution in [0, 0.1) is 0 Å². The Bertz CT molecular complexity index is 953. The van der Waals surface area contributed by atoms with Gasteiger partial charge >= 0.3 is 0 Å². The van der Waals surface area contributed by atoms with E-state index in [-0.39, 0.29) is 11.8 Å². The summed E-state index contributed by atoms with van der Waals surface area (Å²) < 4.78 is 5.40. The number of hydrogen-bond acceptors (Lipinski definition) is 3. The van der Waals surface area contributed by atoms with Crippen molar-refractivity contribution in [1.82, 2.24) is 5.32 Å². The van der Waals surface area contributed by atoms with Crippen LogP contribution in [0.3, 0.4) is 0 Å². The summed E-state index contributed by atoms with van der Waals surface area (Å²) in [6.45, 7) is 3.04. The Morgan fingerprint density at radius 1 is 0.828 bits per heavy atom. The first-order valence-electron chi connectivity index (χ1n) is 9.62. The third-order valence-corrected chi connectivity index (χ3v) is 4.35. The average Bonchev–Trinajstić information content (AvgIpc) is 2.76. The summed E-state index contributed by atoms with van der Waals surface area (Å²) in [6, 6.07) is 23.8. The topological polar surface area (TPSA) is 67.4 Å². The highest BCUT2D eigenvalue weighted by molar-refractivity contribution is 6.06. The number of ether oxygens (including phenoxy) is 1. The molecule has 0 aromatic heterocycles. The lowest BCUT2D eigenvalue weighted by Gasteiger charge is -2.09. The predicted molar refractivity (Wildman–Crippen MR) is 114 cm³/mol. The molecular formula is C24H24N2O3. The lowest BCUT2D eigenvalue weighted by Crippen LogP contribution is -2.26. The van der Waals surface area contributed by atoms with E-state index in [1.54, 1.807) is 48.5 Å². The fraction of sp³-hybridized carbons (Fsp3) is 0.167. The number of carbonyl (C=O) groups excluding carboxylic acids is 2. The molecule has 0 saturated carbocycles. The summed E-state index contributed by atoms with van der Waals surface area (Å²) in [5.41, 5.74) is 2.71. The van der Waals surface area contributed by atoms with Gasteiger partial charge in [0.15, 0.2) is 0 Å². The zero-order valence-electron chi connectivity index (χ0n) is 16.4. The van der Waals surface area contributed by atoms with Gasteiger partial charge in [0.25, 0.3) is 11.8 Å². The lowest BCUT2D eigenvalue weighted by molar-refractivity contribution is 0.0954. The quantitative estimate of drug-likeness (QED) is 0.604. The van der Waals surface area contributed by atoms with E-state index in [9.17, 15) is 9.59 Å². The summed E-state index contributed by atoms with van der Waals surface area (Å²) in [5.74, 6) is 0.282. The molecule has 2 amide bonds. The van der Waals surface area contributed by atoms with Crippen LogP contribution in [0.25, 0.3) is 0 Å². The summed E-state index contributed by atoms with van der Waals surface area (Å²) in [6.07, 6.45) is 0.754. The van der Waals surface area contributed by atoms with Crippen molar-refractivity contribution in [1.29, 1.82) is 0 Å². The number of nitrogens with one attached hydrogen (secondary N) is 2. The number of rotatable bonds is 8. The zero-order chi connectivity index (χ0) is 20.5. The van der Waals surface area contributed by atoms with E-state index in [1.165, 1.54) is 0 Å². The Morgan fingerprint density at radius 2 is 1.52 bits per heavy atom. The van der Waals surface area contributed by atoms with Gasteiger partial charge in [0.05, 0.1) is 6.61 Å². The van der Waals surface area contributed by atoms with E-state index >= 15 is 0 Å². The van der Waals surface area contributed by atoms with Crippen molar-refractivity contribution in [2.75, 3.05) is 18.5 Å². The number of amides is 2. The van der Waals surface area contributed by atoms with E-state index in [0.29, 0.717) is 30.0 Å². The predicted octanol–water partition coefficient (Wildman–Crippen LogP) is 4.31. The van der Waals surface area contributed by atoms with Gasteiger partial charge in [-0.25, -0.2) is 0 Å². The van der Waals surface area contributed by atoms with Gasteiger partial charge in [-0.2, -0.15) is 0 Å². The molecule has 0 aliphatic rings.